The van der Waals surface area contributed by atoms with Gasteiger partial charge in [0.1, 0.15) is 5.56 Å². The van der Waals surface area contributed by atoms with Gasteiger partial charge in [0, 0.05) is 5.69 Å². The number of nitrogens with zero attached hydrogens (tertiary/aromatic N) is 2. The van der Waals surface area contributed by atoms with Crippen LogP contribution in [0.15, 0.2) is 77.9 Å². The monoisotopic (exact) mass is 354 g/mol. The first-order valence-electron chi connectivity index (χ1n) is 9.02. The summed E-state index contributed by atoms with van der Waals surface area (Å²) in [6.07, 6.45) is 3.60. The van der Waals surface area contributed by atoms with Crippen molar-refractivity contribution in [2.75, 3.05) is 10.6 Å². The van der Waals surface area contributed by atoms with Crippen molar-refractivity contribution in [1.82, 2.24) is 5.10 Å². The second kappa shape index (κ2) is 6.29. The fraction of sp³-hybridized carbons (Fsp3) is 0.0909. The van der Waals surface area contributed by atoms with Gasteiger partial charge in [-0.2, -0.15) is 0 Å². The highest BCUT2D eigenvalue weighted by Crippen LogP contribution is 2.29. The lowest BCUT2D eigenvalue weighted by atomic mass is 10.1. The number of aryl methyl sites for hydroxylation is 1. The van der Waals surface area contributed by atoms with Crippen LogP contribution in [0.2, 0.25) is 0 Å². The van der Waals surface area contributed by atoms with Gasteiger partial charge in [0.15, 0.2) is 18.2 Å². The smallest absolute Gasteiger partial charge is 0.313 e. The van der Waals surface area contributed by atoms with Crippen molar-refractivity contribution >= 4 is 28.6 Å². The molecule has 0 radical (unpaired) electrons. The Bertz CT molecular complexity index is 1140. The van der Waals surface area contributed by atoms with E-state index in [1.165, 1.54) is 16.3 Å². The molecule has 0 unspecified atom stereocenters. The number of rotatable bonds is 3. The van der Waals surface area contributed by atoms with Gasteiger partial charge in [0.25, 0.3) is 0 Å². The van der Waals surface area contributed by atoms with Crippen molar-refractivity contribution in [3.05, 3.63) is 84.1 Å². The summed E-state index contributed by atoms with van der Waals surface area (Å²) in [7, 11) is 0. The lowest BCUT2D eigenvalue weighted by molar-refractivity contribution is -0.641. The van der Waals surface area contributed by atoms with Crippen molar-refractivity contribution in [3.8, 4) is 5.69 Å². The molecule has 0 saturated heterocycles. The summed E-state index contributed by atoms with van der Waals surface area (Å²) in [5.74, 6) is 0.993. The van der Waals surface area contributed by atoms with E-state index in [-0.39, 0.29) is 6.17 Å². The zero-order valence-electron chi connectivity index (χ0n) is 15.0. The minimum atomic E-state index is -0.148. The minimum absolute atomic E-state index is 0.148. The molecule has 132 valence electrons. The minimum Gasteiger partial charge on any atom is -0.360 e. The number of fused-ring (bicyclic) bond motifs is 2. The topological polar surface area (TPSA) is 56.1 Å². The third kappa shape index (κ3) is 2.83. The first-order chi connectivity index (χ1) is 13.3. The number of aromatic nitrogens is 2. The maximum atomic E-state index is 4.59. The maximum absolute atomic E-state index is 4.59. The quantitative estimate of drug-likeness (QED) is 0.480. The molecule has 4 aromatic rings. The standard InChI is InChI=1S/C22H19N5/c1-15-6-10-19(11-7-15)27-22-20(13-25-27)21(23-14-24-22)26-18-9-8-16-4-2-3-5-17(16)12-18/h2-14,21,26H,1H3,(H,23,24,25)/p+1/t21-/m0/s1. The van der Waals surface area contributed by atoms with E-state index in [1.807, 2.05) is 10.9 Å². The number of nitrogens with one attached hydrogen (secondary N) is 3. The van der Waals surface area contributed by atoms with Crippen LogP contribution in [0.4, 0.5) is 11.5 Å². The Balaban J connectivity index is 1.47. The van der Waals surface area contributed by atoms with Crippen LogP contribution in [0.25, 0.3) is 16.5 Å². The van der Waals surface area contributed by atoms with Gasteiger partial charge >= 0.3 is 5.82 Å². The molecule has 3 aromatic carbocycles. The first kappa shape index (κ1) is 15.6. The summed E-state index contributed by atoms with van der Waals surface area (Å²) in [6.45, 7) is 2.09. The Morgan fingerprint density at radius 3 is 2.63 bits per heavy atom. The number of aromatic amines is 1. The Morgan fingerprint density at radius 1 is 0.963 bits per heavy atom. The molecular formula is C22H20N5+. The van der Waals surface area contributed by atoms with E-state index in [4.69, 9.17) is 0 Å². The summed E-state index contributed by atoms with van der Waals surface area (Å²) in [5.41, 5.74) is 4.44. The molecule has 2 heterocycles. The summed E-state index contributed by atoms with van der Waals surface area (Å²) >= 11 is 0. The number of H-pyrrole nitrogens is 1. The van der Waals surface area contributed by atoms with Gasteiger partial charge in [-0.05, 0) is 42.0 Å². The molecule has 5 nitrogen and oxygen atoms in total. The summed E-state index contributed by atoms with van der Waals surface area (Å²) < 4.78 is 2.04. The molecular weight excluding hydrogens is 334 g/mol. The Labute approximate surface area is 157 Å². The highest BCUT2D eigenvalue weighted by Gasteiger charge is 2.28. The molecule has 3 N–H and O–H groups in total. The lowest BCUT2D eigenvalue weighted by Crippen LogP contribution is -2.36. The van der Waals surface area contributed by atoms with Crippen LogP contribution in [0.1, 0.15) is 17.3 Å². The maximum Gasteiger partial charge on any atom is 0.313 e. The normalized spacial score (nSPS) is 15.4. The van der Waals surface area contributed by atoms with Gasteiger partial charge in [-0.3, -0.25) is 0 Å². The number of hydrogen-bond acceptors (Lipinski definition) is 3. The molecule has 0 amide bonds. The Morgan fingerprint density at radius 2 is 1.78 bits per heavy atom. The van der Waals surface area contributed by atoms with Crippen molar-refractivity contribution in [3.63, 3.8) is 0 Å². The molecule has 0 aliphatic carbocycles. The third-order valence-electron chi connectivity index (χ3n) is 4.91. The van der Waals surface area contributed by atoms with Crippen LogP contribution in [-0.2, 0) is 0 Å². The average molecular weight is 354 g/mol. The number of aliphatic imine (C=N–C) groups is 1. The molecule has 1 aliphatic heterocycles. The number of anilines is 2. The zero-order valence-corrected chi connectivity index (χ0v) is 15.0. The van der Waals surface area contributed by atoms with E-state index in [0.29, 0.717) is 0 Å². The van der Waals surface area contributed by atoms with E-state index < -0.39 is 0 Å². The van der Waals surface area contributed by atoms with Crippen molar-refractivity contribution < 1.29 is 4.68 Å². The molecule has 1 aromatic heterocycles. The second-order valence-electron chi connectivity index (χ2n) is 6.78. The molecule has 5 rings (SSSR count). The van der Waals surface area contributed by atoms with Crippen LogP contribution in [0.5, 0.6) is 0 Å². The predicted octanol–water partition coefficient (Wildman–Crippen LogP) is 4.32. The van der Waals surface area contributed by atoms with E-state index >= 15 is 0 Å². The molecule has 0 bridgehead atoms. The van der Waals surface area contributed by atoms with Crippen LogP contribution < -0.4 is 15.3 Å². The van der Waals surface area contributed by atoms with Crippen LogP contribution >= 0.6 is 0 Å². The van der Waals surface area contributed by atoms with Gasteiger partial charge in [0.05, 0.1) is 6.20 Å². The van der Waals surface area contributed by atoms with E-state index in [1.54, 1.807) is 6.34 Å². The second-order valence-corrected chi connectivity index (χ2v) is 6.78. The van der Waals surface area contributed by atoms with Crippen LogP contribution in [0, 0.1) is 6.92 Å². The van der Waals surface area contributed by atoms with E-state index in [2.05, 4.69) is 94.4 Å². The van der Waals surface area contributed by atoms with E-state index in [9.17, 15) is 0 Å². The zero-order chi connectivity index (χ0) is 18.2. The Hall–Kier alpha value is -3.60. The Kier molecular flexibility index (Phi) is 3.64. The van der Waals surface area contributed by atoms with Gasteiger partial charge in [0.2, 0.25) is 0 Å². The van der Waals surface area contributed by atoms with Crippen molar-refractivity contribution in [2.24, 2.45) is 4.99 Å². The van der Waals surface area contributed by atoms with Crippen LogP contribution in [0.3, 0.4) is 0 Å². The van der Waals surface area contributed by atoms with Crippen molar-refractivity contribution in [1.29, 1.82) is 0 Å². The molecule has 5 heteroatoms. The lowest BCUT2D eigenvalue weighted by Gasteiger charge is -2.17. The molecule has 1 atom stereocenters. The third-order valence-corrected chi connectivity index (χ3v) is 4.91. The van der Waals surface area contributed by atoms with Gasteiger partial charge in [-0.15, -0.1) is 4.68 Å². The fourth-order valence-corrected chi connectivity index (χ4v) is 3.46. The summed E-state index contributed by atoms with van der Waals surface area (Å²) in [5, 5.41) is 12.6. The number of hydrogen-bond donors (Lipinski definition) is 3. The highest BCUT2D eigenvalue weighted by atomic mass is 15.3. The molecule has 27 heavy (non-hydrogen) atoms. The van der Waals surface area contributed by atoms with Gasteiger partial charge < -0.3 is 5.32 Å². The highest BCUT2D eigenvalue weighted by molar-refractivity contribution is 5.86. The van der Waals surface area contributed by atoms with Crippen molar-refractivity contribution in [2.45, 2.75) is 13.1 Å². The largest absolute Gasteiger partial charge is 0.360 e. The molecule has 0 spiro atoms. The van der Waals surface area contributed by atoms with Gasteiger partial charge in [-0.1, -0.05) is 48.0 Å². The number of benzene rings is 3. The summed E-state index contributed by atoms with van der Waals surface area (Å²) in [4.78, 5) is 4.59. The summed E-state index contributed by atoms with van der Waals surface area (Å²) in [6, 6.07) is 23.2. The van der Waals surface area contributed by atoms with E-state index in [0.717, 1.165) is 22.8 Å². The average Bonchev–Trinajstić information content (AvgIpc) is 3.14. The van der Waals surface area contributed by atoms with Crippen LogP contribution in [-0.4, -0.2) is 11.4 Å². The first-order valence-corrected chi connectivity index (χ1v) is 9.02. The molecule has 0 fully saturated rings. The molecule has 1 aliphatic rings. The fourth-order valence-electron chi connectivity index (χ4n) is 3.46. The SMILES string of the molecule is Cc1ccc(-[n+]2[nH]cc3c2NC=N[C@H]3Nc2ccc3ccccc3c2)cc1. The molecule has 0 saturated carbocycles. The van der Waals surface area contributed by atoms with Gasteiger partial charge in [-0.25, -0.2) is 15.4 Å². The predicted molar refractivity (Wildman–Crippen MR) is 109 cm³/mol.